The quantitative estimate of drug-likeness (QED) is 0.0646. The number of unbranched alkanes of at least 4 members (excludes halogenated alkanes) is 2. The Morgan fingerprint density at radius 2 is 1.60 bits per heavy atom. The molecule has 52 heavy (non-hydrogen) atoms. The second-order valence-corrected chi connectivity index (χ2v) is 13.6. The molecule has 0 spiro atoms. The number of nitrogens with zero attached hydrogens (tertiary/aromatic N) is 4. The molecule has 1 amide bonds. The number of carbonyl (C=O) groups is 2. The van der Waals surface area contributed by atoms with Crippen molar-refractivity contribution >= 4 is 23.6 Å². The fraction of sp³-hybridized carbons (Fsp3) is 0.308. The van der Waals surface area contributed by atoms with Crippen molar-refractivity contribution in [3.05, 3.63) is 119 Å². The standard InChI is InChI=1S/C39H41N5O7S/c45-24-26-9-11-29(12-10-26)35-22-34(25-52-39-41-42-43-44(39)32-17-19-33(46)20-18-32)50-38(51-35)30-15-13-28(14-16-30)31-6-4-5-27(21-31)23-40-36(47)7-2-1-3-8-37(48)49/h4-6,9-21,34-35,38,45-46H,1-3,7-8,22-25H2,(H,40,47)(H,48,49). The number of aromatic nitrogens is 4. The third-order valence-corrected chi connectivity index (χ3v) is 9.83. The predicted octanol–water partition coefficient (Wildman–Crippen LogP) is 6.52. The van der Waals surface area contributed by atoms with Crippen molar-refractivity contribution in [2.24, 2.45) is 0 Å². The minimum atomic E-state index is -0.811. The highest BCUT2D eigenvalue weighted by atomic mass is 32.2. The molecule has 5 aromatic rings. The largest absolute Gasteiger partial charge is 0.508 e. The summed E-state index contributed by atoms with van der Waals surface area (Å²) in [5, 5.41) is 43.8. The number of carbonyl (C=O) groups excluding carboxylic acids is 1. The number of amides is 1. The highest BCUT2D eigenvalue weighted by Crippen LogP contribution is 2.40. The SMILES string of the molecule is O=C(O)CCCCCC(=O)NCc1cccc(-c2ccc(C3OC(CSc4nnnn4-c4ccc(O)cc4)CC(c4ccc(CO)cc4)O3)cc2)c1. The van der Waals surface area contributed by atoms with E-state index in [4.69, 9.17) is 14.6 Å². The molecule has 3 atom stereocenters. The molecule has 1 saturated heterocycles. The van der Waals surface area contributed by atoms with Crippen LogP contribution in [0, 0.1) is 0 Å². The van der Waals surface area contributed by atoms with Crippen LogP contribution in [-0.4, -0.2) is 59.3 Å². The van der Waals surface area contributed by atoms with Gasteiger partial charge in [-0.05, 0) is 81.4 Å². The first-order valence-corrected chi connectivity index (χ1v) is 18.2. The molecule has 12 nitrogen and oxygen atoms in total. The predicted molar refractivity (Wildman–Crippen MR) is 194 cm³/mol. The second kappa shape index (κ2) is 17.9. The monoisotopic (exact) mass is 723 g/mol. The van der Waals surface area contributed by atoms with Crippen LogP contribution in [0.3, 0.4) is 0 Å². The van der Waals surface area contributed by atoms with E-state index >= 15 is 0 Å². The molecule has 2 heterocycles. The minimum absolute atomic E-state index is 0.0337. The number of rotatable bonds is 16. The number of phenols is 1. The van der Waals surface area contributed by atoms with E-state index in [1.54, 1.807) is 28.9 Å². The first kappa shape index (κ1) is 36.7. The van der Waals surface area contributed by atoms with Crippen molar-refractivity contribution in [3.63, 3.8) is 0 Å². The van der Waals surface area contributed by atoms with Crippen LogP contribution in [0.5, 0.6) is 5.75 Å². The molecule has 0 aliphatic carbocycles. The molecule has 1 aromatic heterocycles. The van der Waals surface area contributed by atoms with Gasteiger partial charge in [-0.2, -0.15) is 4.68 Å². The number of tetrazole rings is 1. The maximum absolute atomic E-state index is 12.3. The molecule has 1 aliphatic rings. The van der Waals surface area contributed by atoms with Crippen LogP contribution < -0.4 is 5.32 Å². The average molecular weight is 724 g/mol. The molecule has 270 valence electrons. The summed E-state index contributed by atoms with van der Waals surface area (Å²) in [4.78, 5) is 23.0. The van der Waals surface area contributed by atoms with Gasteiger partial charge in [0.15, 0.2) is 6.29 Å². The number of nitrogens with one attached hydrogen (secondary N) is 1. The van der Waals surface area contributed by atoms with Crippen LogP contribution in [0.4, 0.5) is 0 Å². The summed E-state index contributed by atoms with van der Waals surface area (Å²) >= 11 is 1.48. The van der Waals surface area contributed by atoms with E-state index < -0.39 is 12.3 Å². The maximum atomic E-state index is 12.3. The third-order valence-electron chi connectivity index (χ3n) is 8.78. The van der Waals surface area contributed by atoms with E-state index in [1.807, 2.05) is 66.7 Å². The number of hydrogen-bond donors (Lipinski definition) is 4. The van der Waals surface area contributed by atoms with Crippen molar-refractivity contribution in [1.82, 2.24) is 25.5 Å². The number of phenolic OH excluding ortho intramolecular Hbond substituents is 1. The first-order valence-electron chi connectivity index (χ1n) is 17.2. The summed E-state index contributed by atoms with van der Waals surface area (Å²) in [6.07, 6.45) is 1.98. The van der Waals surface area contributed by atoms with Gasteiger partial charge in [0.05, 0.1) is 24.5 Å². The fourth-order valence-corrected chi connectivity index (χ4v) is 6.84. The Morgan fingerprint density at radius 3 is 2.35 bits per heavy atom. The summed E-state index contributed by atoms with van der Waals surface area (Å²) in [6, 6.07) is 30.5. The zero-order valence-electron chi connectivity index (χ0n) is 28.5. The maximum Gasteiger partial charge on any atom is 0.303 e. The van der Waals surface area contributed by atoms with Gasteiger partial charge in [-0.3, -0.25) is 9.59 Å². The molecule has 13 heteroatoms. The zero-order chi connectivity index (χ0) is 36.3. The second-order valence-electron chi connectivity index (χ2n) is 12.6. The molecule has 4 N–H and O–H groups in total. The molecular weight excluding hydrogens is 683 g/mol. The molecule has 0 saturated carbocycles. The number of aromatic hydroxyl groups is 1. The smallest absolute Gasteiger partial charge is 0.303 e. The van der Waals surface area contributed by atoms with Crippen LogP contribution in [-0.2, 0) is 32.2 Å². The van der Waals surface area contributed by atoms with Crippen LogP contribution >= 0.6 is 11.8 Å². The van der Waals surface area contributed by atoms with Gasteiger partial charge in [0, 0.05) is 37.1 Å². The van der Waals surface area contributed by atoms with E-state index in [2.05, 4.69) is 26.9 Å². The summed E-state index contributed by atoms with van der Waals surface area (Å²) in [6.45, 7) is 0.374. The Bertz CT molecular complexity index is 1920. The number of hydrogen-bond acceptors (Lipinski definition) is 10. The Hall–Kier alpha value is -5.08. The van der Waals surface area contributed by atoms with Gasteiger partial charge < -0.3 is 30.1 Å². The Labute approximate surface area is 305 Å². The number of aliphatic carboxylic acids is 1. The molecule has 0 bridgehead atoms. The van der Waals surface area contributed by atoms with Crippen molar-refractivity contribution in [3.8, 4) is 22.6 Å². The molecule has 1 fully saturated rings. The number of aliphatic hydroxyl groups is 1. The summed E-state index contributed by atoms with van der Waals surface area (Å²) in [5.74, 6) is -0.134. The lowest BCUT2D eigenvalue weighted by atomic mass is 9.99. The molecule has 3 unspecified atom stereocenters. The van der Waals surface area contributed by atoms with E-state index in [-0.39, 0.29) is 36.9 Å². The first-order chi connectivity index (χ1) is 25.3. The van der Waals surface area contributed by atoms with Gasteiger partial charge >= 0.3 is 5.97 Å². The fourth-order valence-electron chi connectivity index (χ4n) is 5.94. The topological polar surface area (TPSA) is 169 Å². The number of carboxylic acids is 1. The van der Waals surface area contributed by atoms with E-state index in [1.165, 1.54) is 11.8 Å². The van der Waals surface area contributed by atoms with Gasteiger partial charge in [-0.1, -0.05) is 84.9 Å². The number of carboxylic acid groups (broad SMARTS) is 1. The van der Waals surface area contributed by atoms with Crippen molar-refractivity contribution < 1.29 is 34.4 Å². The van der Waals surface area contributed by atoms with Gasteiger partial charge in [-0.25, -0.2) is 0 Å². The number of ether oxygens (including phenoxy) is 2. The Morgan fingerprint density at radius 1 is 0.846 bits per heavy atom. The van der Waals surface area contributed by atoms with E-state index in [0.29, 0.717) is 49.6 Å². The molecule has 4 aromatic carbocycles. The van der Waals surface area contributed by atoms with Gasteiger partial charge in [0.1, 0.15) is 5.75 Å². The lowest BCUT2D eigenvalue weighted by molar-refractivity contribution is -0.245. The van der Waals surface area contributed by atoms with Gasteiger partial charge in [0.25, 0.3) is 0 Å². The van der Waals surface area contributed by atoms with E-state index in [0.717, 1.165) is 39.1 Å². The van der Waals surface area contributed by atoms with Gasteiger partial charge in [0.2, 0.25) is 11.1 Å². The van der Waals surface area contributed by atoms with Crippen molar-refractivity contribution in [2.45, 2.75) is 75.3 Å². The number of benzene rings is 4. The summed E-state index contributed by atoms with van der Waals surface area (Å²) in [7, 11) is 0. The highest BCUT2D eigenvalue weighted by Gasteiger charge is 2.32. The van der Waals surface area contributed by atoms with Crippen molar-refractivity contribution in [1.29, 1.82) is 0 Å². The number of aliphatic hydroxyl groups excluding tert-OH is 1. The summed E-state index contributed by atoms with van der Waals surface area (Å²) in [5.41, 5.74) is 6.42. The number of thioether (sulfide) groups is 1. The Balaban J connectivity index is 1.11. The lowest BCUT2D eigenvalue weighted by Gasteiger charge is -2.36. The van der Waals surface area contributed by atoms with Gasteiger partial charge in [-0.15, -0.1) is 5.10 Å². The molecule has 0 radical (unpaired) electrons. The van der Waals surface area contributed by atoms with Crippen LogP contribution in [0.2, 0.25) is 0 Å². The Kier molecular flexibility index (Phi) is 12.6. The van der Waals surface area contributed by atoms with Crippen LogP contribution in [0.15, 0.2) is 102 Å². The van der Waals surface area contributed by atoms with E-state index in [9.17, 15) is 19.8 Å². The van der Waals surface area contributed by atoms with Crippen LogP contribution in [0.1, 0.15) is 73.2 Å². The highest BCUT2D eigenvalue weighted by molar-refractivity contribution is 7.99. The zero-order valence-corrected chi connectivity index (χ0v) is 29.3. The average Bonchev–Trinajstić information content (AvgIpc) is 3.65. The molecule has 1 aliphatic heterocycles. The normalized spacial score (nSPS) is 17.1. The van der Waals surface area contributed by atoms with Crippen molar-refractivity contribution in [2.75, 3.05) is 5.75 Å². The van der Waals surface area contributed by atoms with Crippen LogP contribution in [0.25, 0.3) is 16.8 Å². The minimum Gasteiger partial charge on any atom is -0.508 e. The third kappa shape index (κ3) is 10.0. The molecule has 6 rings (SSSR count). The lowest BCUT2D eigenvalue weighted by Crippen LogP contribution is -2.31. The molecular formula is C39H41N5O7S. The summed E-state index contributed by atoms with van der Waals surface area (Å²) < 4.78 is 14.7.